The van der Waals surface area contributed by atoms with Gasteiger partial charge in [-0.05, 0) is 63.9 Å². The van der Waals surface area contributed by atoms with Crippen LogP contribution in [0.2, 0.25) is 0 Å². The van der Waals surface area contributed by atoms with Gasteiger partial charge < -0.3 is 29.8 Å². The minimum atomic E-state index is -1.29. The number of hydrogen-bond acceptors (Lipinski definition) is 7. The van der Waals surface area contributed by atoms with Crippen LogP contribution >= 0.6 is 0 Å². The third kappa shape index (κ3) is 7.56. The van der Waals surface area contributed by atoms with E-state index in [0.29, 0.717) is 37.6 Å². The zero-order valence-corrected chi connectivity index (χ0v) is 22.5. The number of carbonyl (C=O) groups is 2. The standard InChI is InChI=1S/C27H37FN4O6/c1-6-7-14-37-20-9-10-21(24(16-20)32(35)36)25(33)29-23-11-8-18(15-22(23)28)31-13-12-19(17-31)30(5)26(34)38-27(2,3)4/h8-11,15-16,19,32,35H,6-7,12-14,17H2,1-5H3,(H,29,33). The van der Waals surface area contributed by atoms with Gasteiger partial charge in [0.2, 0.25) is 0 Å². The number of amides is 2. The summed E-state index contributed by atoms with van der Waals surface area (Å²) >= 11 is 0. The maximum Gasteiger partial charge on any atom is 0.410 e. The van der Waals surface area contributed by atoms with E-state index in [2.05, 4.69) is 5.32 Å². The fourth-order valence-electron chi connectivity index (χ4n) is 4.09. The van der Waals surface area contributed by atoms with Crippen molar-refractivity contribution in [2.45, 2.75) is 58.6 Å². The van der Waals surface area contributed by atoms with Crippen molar-refractivity contribution in [1.82, 2.24) is 4.90 Å². The Balaban J connectivity index is 1.67. The number of ether oxygens (including phenoxy) is 2. The van der Waals surface area contributed by atoms with Gasteiger partial charge >= 0.3 is 6.09 Å². The molecule has 11 heteroatoms. The van der Waals surface area contributed by atoms with Crippen molar-refractivity contribution in [3.05, 3.63) is 53.0 Å². The smallest absolute Gasteiger partial charge is 0.410 e. The van der Waals surface area contributed by atoms with Gasteiger partial charge in [-0.15, -0.1) is 0 Å². The lowest BCUT2D eigenvalue weighted by Crippen LogP contribution is -2.99. The monoisotopic (exact) mass is 532 g/mol. The molecule has 0 aromatic heterocycles. The zero-order chi connectivity index (χ0) is 28.0. The van der Waals surface area contributed by atoms with Crippen molar-refractivity contribution in [2.24, 2.45) is 0 Å². The Morgan fingerprint density at radius 1 is 1.26 bits per heavy atom. The average molecular weight is 533 g/mol. The number of nitrogens with one attached hydrogen (secondary N) is 2. The first-order valence-electron chi connectivity index (χ1n) is 12.7. The molecule has 1 aliphatic heterocycles. The molecule has 3 rings (SSSR count). The number of carbonyl (C=O) groups excluding carboxylic acids is 2. The summed E-state index contributed by atoms with van der Waals surface area (Å²) < 4.78 is 26.0. The Kier molecular flexibility index (Phi) is 9.53. The lowest BCUT2D eigenvalue weighted by atomic mass is 10.1. The van der Waals surface area contributed by atoms with E-state index in [-0.39, 0.29) is 23.0 Å². The second kappa shape index (κ2) is 12.4. The van der Waals surface area contributed by atoms with Crippen LogP contribution in [-0.2, 0) is 4.74 Å². The molecule has 2 atom stereocenters. The first kappa shape index (κ1) is 29.2. The maximum absolute atomic E-state index is 15.0. The minimum absolute atomic E-state index is 0.0695. The molecule has 10 nitrogen and oxygen atoms in total. The first-order valence-corrected chi connectivity index (χ1v) is 12.7. The molecule has 1 heterocycles. The van der Waals surface area contributed by atoms with E-state index in [4.69, 9.17) is 9.47 Å². The number of nitrogens with zero attached hydrogens (tertiary/aromatic N) is 2. The fourth-order valence-corrected chi connectivity index (χ4v) is 4.09. The molecular weight excluding hydrogens is 495 g/mol. The minimum Gasteiger partial charge on any atom is -0.595 e. The van der Waals surface area contributed by atoms with E-state index in [1.165, 1.54) is 30.3 Å². The number of rotatable bonds is 9. The summed E-state index contributed by atoms with van der Waals surface area (Å²) in [4.78, 5) is 28.8. The average Bonchev–Trinajstić information content (AvgIpc) is 3.34. The summed E-state index contributed by atoms with van der Waals surface area (Å²) in [5, 5.41) is 22.5. The van der Waals surface area contributed by atoms with Crippen LogP contribution in [0.25, 0.3) is 0 Å². The molecular formula is C27H37FN4O6. The van der Waals surface area contributed by atoms with E-state index in [0.717, 1.165) is 12.8 Å². The molecule has 1 fully saturated rings. The molecule has 2 aromatic carbocycles. The molecule has 0 bridgehead atoms. The molecule has 2 amide bonds. The molecule has 0 spiro atoms. The Hall–Kier alpha value is -3.41. The molecule has 2 aromatic rings. The Morgan fingerprint density at radius 3 is 2.63 bits per heavy atom. The summed E-state index contributed by atoms with van der Waals surface area (Å²) in [6, 6.07) is 8.52. The summed E-state index contributed by atoms with van der Waals surface area (Å²) in [5.74, 6) is -1.05. The molecule has 0 aliphatic carbocycles. The zero-order valence-electron chi connectivity index (χ0n) is 22.5. The predicted octanol–water partition coefficient (Wildman–Crippen LogP) is 4.11. The lowest BCUT2D eigenvalue weighted by molar-refractivity contribution is -0.991. The van der Waals surface area contributed by atoms with Crippen LogP contribution in [0.4, 0.5) is 26.2 Å². The van der Waals surface area contributed by atoms with E-state index in [9.17, 15) is 24.4 Å². The quantitative estimate of drug-likeness (QED) is 0.329. The van der Waals surface area contributed by atoms with E-state index < -0.39 is 28.6 Å². The van der Waals surface area contributed by atoms with Crippen LogP contribution in [0.15, 0.2) is 36.4 Å². The van der Waals surface area contributed by atoms with E-state index in [1.807, 2.05) is 32.6 Å². The van der Waals surface area contributed by atoms with Gasteiger partial charge in [0.15, 0.2) is 5.69 Å². The highest BCUT2D eigenvalue weighted by molar-refractivity contribution is 6.07. The van der Waals surface area contributed by atoms with Gasteiger partial charge in [-0.3, -0.25) is 4.79 Å². The predicted molar refractivity (Wildman–Crippen MR) is 142 cm³/mol. The molecule has 0 radical (unpaired) electrons. The van der Waals surface area contributed by atoms with Crippen LogP contribution in [0.5, 0.6) is 5.75 Å². The van der Waals surface area contributed by atoms with Gasteiger partial charge in [0, 0.05) is 31.9 Å². The molecule has 1 saturated heterocycles. The number of hydrogen-bond donors (Lipinski definition) is 3. The highest BCUT2D eigenvalue weighted by Gasteiger charge is 2.31. The van der Waals surface area contributed by atoms with E-state index in [1.54, 1.807) is 18.0 Å². The van der Waals surface area contributed by atoms with Gasteiger partial charge in [0.25, 0.3) is 5.91 Å². The van der Waals surface area contributed by atoms with Gasteiger partial charge in [0.1, 0.15) is 22.7 Å². The summed E-state index contributed by atoms with van der Waals surface area (Å²) in [7, 11) is 1.69. The summed E-state index contributed by atoms with van der Waals surface area (Å²) in [6.07, 6.45) is 2.04. The number of anilines is 2. The summed E-state index contributed by atoms with van der Waals surface area (Å²) in [6.45, 7) is 9.01. The molecule has 208 valence electrons. The maximum atomic E-state index is 15.0. The van der Waals surface area contributed by atoms with Crippen molar-refractivity contribution in [2.75, 3.05) is 37.0 Å². The van der Waals surface area contributed by atoms with Crippen LogP contribution in [0.1, 0.15) is 57.3 Å². The Morgan fingerprint density at radius 2 is 2.00 bits per heavy atom. The van der Waals surface area contributed by atoms with Gasteiger partial charge in [-0.25, -0.2) is 14.4 Å². The van der Waals surface area contributed by atoms with Crippen molar-refractivity contribution in [1.29, 1.82) is 0 Å². The number of likely N-dealkylation sites (N-methyl/N-ethyl adjacent to an activating group) is 1. The van der Waals surface area contributed by atoms with Crippen molar-refractivity contribution in [3.8, 4) is 5.75 Å². The van der Waals surface area contributed by atoms with Crippen molar-refractivity contribution in [3.63, 3.8) is 0 Å². The largest absolute Gasteiger partial charge is 0.595 e. The van der Waals surface area contributed by atoms with Crippen LogP contribution in [-0.4, -0.2) is 60.5 Å². The van der Waals surface area contributed by atoms with Crippen LogP contribution < -0.4 is 20.2 Å². The number of halogens is 1. The molecule has 2 unspecified atom stereocenters. The van der Waals surface area contributed by atoms with Gasteiger partial charge in [-0.1, -0.05) is 13.3 Å². The Bertz CT molecular complexity index is 1140. The SMILES string of the molecule is CCCCOc1ccc(C(=O)Nc2ccc(N3CCC(N(C)C(=O)OC(C)(C)C)C3)cc2F)c([NH+]([O-])O)c1. The van der Waals surface area contributed by atoms with Crippen LogP contribution in [0, 0.1) is 11.0 Å². The van der Waals surface area contributed by atoms with Gasteiger partial charge in [-0.2, -0.15) is 5.23 Å². The molecule has 0 saturated carbocycles. The number of benzene rings is 2. The van der Waals surface area contributed by atoms with E-state index >= 15 is 0 Å². The van der Waals surface area contributed by atoms with Crippen LogP contribution in [0.3, 0.4) is 0 Å². The topological polar surface area (TPSA) is 119 Å². The first-order chi connectivity index (χ1) is 17.9. The lowest BCUT2D eigenvalue weighted by Gasteiger charge is -2.29. The third-order valence-corrected chi connectivity index (χ3v) is 6.19. The molecule has 1 aliphatic rings. The Labute approximate surface area is 222 Å². The third-order valence-electron chi connectivity index (χ3n) is 6.19. The normalized spacial score (nSPS) is 16.2. The van der Waals surface area contributed by atoms with Gasteiger partial charge in [0.05, 0.1) is 18.3 Å². The number of quaternary nitrogens is 1. The van der Waals surface area contributed by atoms with Crippen molar-refractivity contribution < 1.29 is 33.9 Å². The second-order valence-corrected chi connectivity index (χ2v) is 10.3. The highest BCUT2D eigenvalue weighted by atomic mass is 19.1. The van der Waals surface area contributed by atoms with Crippen molar-refractivity contribution >= 4 is 29.1 Å². The second-order valence-electron chi connectivity index (χ2n) is 10.3. The highest BCUT2D eigenvalue weighted by Crippen LogP contribution is 2.28. The number of unbranched alkanes of at least 4 members (excludes halogenated alkanes) is 1. The summed E-state index contributed by atoms with van der Waals surface area (Å²) in [5.41, 5.74) is -0.384. The molecule has 38 heavy (non-hydrogen) atoms. The fraction of sp³-hybridized carbons (Fsp3) is 0.481. The molecule has 3 N–H and O–H groups in total.